The van der Waals surface area contributed by atoms with Crippen LogP contribution in [0.4, 0.5) is 0 Å². The molecule has 5 nitrogen and oxygen atoms in total. The second kappa shape index (κ2) is 8.17. The van der Waals surface area contributed by atoms with Gasteiger partial charge in [-0.2, -0.15) is 0 Å². The van der Waals surface area contributed by atoms with E-state index in [9.17, 15) is 8.42 Å². The number of benzene rings is 1. The average molecular weight is 367 g/mol. The first kappa shape index (κ1) is 19.3. The molecule has 0 spiro atoms. The quantitative estimate of drug-likeness (QED) is 0.784. The number of hydrogen-bond donors (Lipinski definition) is 2. The number of ether oxygens (including phenoxy) is 1. The number of halogens is 2. The third kappa shape index (κ3) is 4.60. The third-order valence-electron chi connectivity index (χ3n) is 3.39. The topological polar surface area (TPSA) is 67.4 Å². The van der Waals surface area contributed by atoms with Gasteiger partial charge in [-0.1, -0.05) is 23.3 Å². The highest BCUT2D eigenvalue weighted by Gasteiger charge is 2.19. The number of nitrogens with one attached hydrogen (secondary N) is 2. The largest absolute Gasteiger partial charge is 0.495 e. The van der Waals surface area contributed by atoms with Crippen molar-refractivity contribution in [3.63, 3.8) is 0 Å². The summed E-state index contributed by atoms with van der Waals surface area (Å²) in [6, 6.07) is 3.05. The molecule has 22 heavy (non-hydrogen) atoms. The van der Waals surface area contributed by atoms with E-state index >= 15 is 0 Å². The molecular weight excluding hydrogens is 347 g/mol. The van der Waals surface area contributed by atoms with Crippen molar-refractivity contribution in [1.82, 2.24) is 10.0 Å². The molecule has 0 fully saturated rings. The molecule has 8 heteroatoms. The molecule has 124 valence electrons. The van der Waals surface area contributed by atoms with E-state index in [2.05, 4.69) is 10.0 Å². The molecular formula is C14H20Cl2N2O3S. The normalized spacial score (nSPS) is 15.0. The zero-order chi connectivity index (χ0) is 15.5. The van der Waals surface area contributed by atoms with Crippen molar-refractivity contribution in [3.8, 4) is 5.75 Å². The van der Waals surface area contributed by atoms with Gasteiger partial charge in [-0.25, -0.2) is 13.1 Å². The van der Waals surface area contributed by atoms with E-state index in [0.717, 1.165) is 25.1 Å². The van der Waals surface area contributed by atoms with Crippen molar-refractivity contribution in [1.29, 1.82) is 0 Å². The molecule has 0 aliphatic carbocycles. The Hall–Kier alpha value is -0.790. The van der Waals surface area contributed by atoms with E-state index in [1.165, 1.54) is 13.2 Å². The Morgan fingerprint density at radius 2 is 2.14 bits per heavy atom. The molecule has 0 bridgehead atoms. The van der Waals surface area contributed by atoms with Crippen LogP contribution in [0.5, 0.6) is 5.75 Å². The minimum absolute atomic E-state index is 0. The standard InChI is InChI=1S/C14H19ClN2O3S.ClH/c1-10-7-13(20-2)12(15)8-14(10)21(18,19)17-9-11-3-5-16-6-4-11;/h3,7-8,16-17H,4-6,9H2,1-2H3;1H. The van der Waals surface area contributed by atoms with Crippen LogP contribution in [0.3, 0.4) is 0 Å². The summed E-state index contributed by atoms with van der Waals surface area (Å²) >= 11 is 6.02. The number of aryl methyl sites for hydroxylation is 1. The van der Waals surface area contributed by atoms with E-state index in [0.29, 0.717) is 17.9 Å². The minimum Gasteiger partial charge on any atom is -0.495 e. The Balaban J connectivity index is 0.00000242. The maximum Gasteiger partial charge on any atom is 0.241 e. The molecule has 0 saturated heterocycles. The lowest BCUT2D eigenvalue weighted by Crippen LogP contribution is -2.30. The van der Waals surface area contributed by atoms with Crippen LogP contribution < -0.4 is 14.8 Å². The van der Waals surface area contributed by atoms with Gasteiger partial charge in [-0.15, -0.1) is 12.4 Å². The van der Waals surface area contributed by atoms with Crippen molar-refractivity contribution in [3.05, 3.63) is 34.4 Å². The number of hydrogen-bond acceptors (Lipinski definition) is 4. The summed E-state index contributed by atoms with van der Waals surface area (Å²) < 4.78 is 32.5. The van der Waals surface area contributed by atoms with Gasteiger partial charge in [0.25, 0.3) is 0 Å². The maximum absolute atomic E-state index is 12.4. The molecule has 0 unspecified atom stereocenters. The van der Waals surface area contributed by atoms with Crippen LogP contribution in [0, 0.1) is 6.92 Å². The van der Waals surface area contributed by atoms with E-state index in [1.807, 2.05) is 6.08 Å². The molecule has 0 aromatic heterocycles. The first-order chi connectivity index (χ1) is 9.94. The van der Waals surface area contributed by atoms with Crippen molar-refractivity contribution < 1.29 is 13.2 Å². The monoisotopic (exact) mass is 366 g/mol. The first-order valence-electron chi connectivity index (χ1n) is 6.66. The second-order valence-corrected chi connectivity index (χ2v) is 7.04. The maximum atomic E-state index is 12.4. The van der Waals surface area contributed by atoms with E-state index < -0.39 is 10.0 Å². The second-order valence-electron chi connectivity index (χ2n) is 4.89. The lowest BCUT2D eigenvalue weighted by Gasteiger charge is -2.16. The zero-order valence-electron chi connectivity index (χ0n) is 12.5. The number of sulfonamides is 1. The van der Waals surface area contributed by atoms with Gasteiger partial charge in [0.15, 0.2) is 0 Å². The fraction of sp³-hybridized carbons (Fsp3) is 0.429. The Morgan fingerprint density at radius 1 is 1.41 bits per heavy atom. The van der Waals surface area contributed by atoms with Crippen molar-refractivity contribution in [2.24, 2.45) is 0 Å². The van der Waals surface area contributed by atoms with Gasteiger partial charge in [0.05, 0.1) is 17.0 Å². The van der Waals surface area contributed by atoms with Gasteiger partial charge < -0.3 is 10.1 Å². The smallest absolute Gasteiger partial charge is 0.241 e. The summed E-state index contributed by atoms with van der Waals surface area (Å²) in [5.74, 6) is 0.467. The molecule has 0 amide bonds. The van der Waals surface area contributed by atoms with Crippen molar-refractivity contribution >= 4 is 34.0 Å². The minimum atomic E-state index is -3.59. The van der Waals surface area contributed by atoms with Crippen LogP contribution >= 0.6 is 24.0 Å². The summed E-state index contributed by atoms with van der Waals surface area (Å²) in [6.07, 6.45) is 2.87. The van der Waals surface area contributed by atoms with E-state index in [-0.39, 0.29) is 22.3 Å². The van der Waals surface area contributed by atoms with Crippen LogP contribution in [0.15, 0.2) is 28.7 Å². The van der Waals surface area contributed by atoms with Gasteiger partial charge in [-0.05, 0) is 37.6 Å². The van der Waals surface area contributed by atoms with Crippen LogP contribution in [0.2, 0.25) is 5.02 Å². The highest BCUT2D eigenvalue weighted by atomic mass is 35.5. The predicted molar refractivity (Wildman–Crippen MR) is 90.7 cm³/mol. The number of rotatable bonds is 5. The SMILES string of the molecule is COc1cc(C)c(S(=O)(=O)NCC2=CCNCC2)cc1Cl.Cl. The van der Waals surface area contributed by atoms with Gasteiger partial charge in [0.2, 0.25) is 10.0 Å². The summed E-state index contributed by atoms with van der Waals surface area (Å²) in [6.45, 7) is 3.70. The molecule has 1 aromatic carbocycles. The van der Waals surface area contributed by atoms with Crippen LogP contribution in [0.25, 0.3) is 0 Å². The molecule has 1 heterocycles. The fourth-order valence-electron chi connectivity index (χ4n) is 2.18. The average Bonchev–Trinajstić information content (AvgIpc) is 2.48. The van der Waals surface area contributed by atoms with Crippen molar-refractivity contribution in [2.45, 2.75) is 18.2 Å². The highest BCUT2D eigenvalue weighted by molar-refractivity contribution is 7.89. The first-order valence-corrected chi connectivity index (χ1v) is 8.52. The summed E-state index contributed by atoms with van der Waals surface area (Å²) in [7, 11) is -2.09. The summed E-state index contributed by atoms with van der Waals surface area (Å²) in [5, 5.41) is 3.47. The van der Waals surface area contributed by atoms with E-state index in [4.69, 9.17) is 16.3 Å². The Morgan fingerprint density at radius 3 is 2.73 bits per heavy atom. The molecule has 0 saturated carbocycles. The van der Waals surface area contributed by atoms with Gasteiger partial charge >= 0.3 is 0 Å². The molecule has 0 atom stereocenters. The summed E-state index contributed by atoms with van der Waals surface area (Å²) in [4.78, 5) is 0.183. The third-order valence-corrected chi connectivity index (χ3v) is 5.22. The predicted octanol–water partition coefficient (Wildman–Crippen LogP) is 2.28. The van der Waals surface area contributed by atoms with Crippen LogP contribution in [-0.4, -0.2) is 35.2 Å². The lowest BCUT2D eigenvalue weighted by atomic mass is 10.1. The molecule has 1 aromatic rings. The molecule has 2 rings (SSSR count). The summed E-state index contributed by atoms with van der Waals surface area (Å²) in [5.41, 5.74) is 1.69. The Bertz CT molecular complexity index is 660. The van der Waals surface area contributed by atoms with Crippen LogP contribution in [-0.2, 0) is 10.0 Å². The molecule has 2 N–H and O–H groups in total. The molecule has 1 aliphatic heterocycles. The van der Waals surface area contributed by atoms with Gasteiger partial charge in [-0.3, -0.25) is 0 Å². The van der Waals surface area contributed by atoms with Crippen LogP contribution in [0.1, 0.15) is 12.0 Å². The van der Waals surface area contributed by atoms with Gasteiger partial charge in [0, 0.05) is 13.1 Å². The Kier molecular flexibility index (Phi) is 7.15. The molecule has 1 aliphatic rings. The fourth-order valence-corrected chi connectivity index (χ4v) is 3.77. The van der Waals surface area contributed by atoms with Gasteiger partial charge in [0.1, 0.15) is 5.75 Å². The van der Waals surface area contributed by atoms with E-state index in [1.54, 1.807) is 13.0 Å². The molecule has 0 radical (unpaired) electrons. The van der Waals surface area contributed by atoms with Crippen molar-refractivity contribution in [2.75, 3.05) is 26.7 Å². The Labute approximate surface area is 142 Å². The number of methoxy groups -OCH3 is 1. The zero-order valence-corrected chi connectivity index (χ0v) is 14.9. The highest BCUT2D eigenvalue weighted by Crippen LogP contribution is 2.30. The lowest BCUT2D eigenvalue weighted by molar-refractivity contribution is 0.414.